The number of ketones is 4. The van der Waals surface area contributed by atoms with Gasteiger partial charge in [0, 0.05) is 66.3 Å². The van der Waals surface area contributed by atoms with Crippen LogP contribution in [0.25, 0.3) is 0 Å². The normalized spacial score (nSPS) is 36.2. The summed E-state index contributed by atoms with van der Waals surface area (Å²) in [6.07, 6.45) is -3.20. The van der Waals surface area contributed by atoms with Gasteiger partial charge in [-0.25, -0.2) is 0 Å². The van der Waals surface area contributed by atoms with Crippen LogP contribution in [0.1, 0.15) is 126 Å². The van der Waals surface area contributed by atoms with Crippen molar-refractivity contribution in [3.63, 3.8) is 0 Å². The number of Topliss-reactive ketones (excluding diaryl/α,β-unsaturated/α-hetero) is 2. The van der Waals surface area contributed by atoms with Gasteiger partial charge >= 0.3 is 0 Å². The molecule has 0 bridgehead atoms. The fraction of sp³-hybridized carbons (Fsp3) is 0.568. The number of rotatable bonds is 5. The first kappa shape index (κ1) is 34.1. The van der Waals surface area contributed by atoms with E-state index in [9.17, 15) is 34.5 Å². The molecule has 0 aromatic heterocycles. The average Bonchev–Trinajstić information content (AvgIpc) is 3.03. The number of hydrogen-bond donors (Lipinski definition) is 3. The highest BCUT2D eigenvalue weighted by atomic mass is 16.7. The van der Waals surface area contributed by atoms with Crippen LogP contribution in [0, 0.1) is 0 Å². The summed E-state index contributed by atoms with van der Waals surface area (Å²) < 4.78 is 30.3. The maximum atomic E-state index is 13.8. The first-order valence-corrected chi connectivity index (χ1v) is 17.1. The molecule has 12 heteroatoms. The molecule has 0 spiro atoms. The number of phenolic OH excluding ortho intramolecular Hbond substituents is 1. The molecule has 10 atom stereocenters. The predicted molar refractivity (Wildman–Crippen MR) is 170 cm³/mol. The summed E-state index contributed by atoms with van der Waals surface area (Å²) in [5, 5.41) is 33.2. The van der Waals surface area contributed by atoms with Crippen molar-refractivity contribution in [2.45, 2.75) is 134 Å². The van der Waals surface area contributed by atoms with Crippen LogP contribution in [0.15, 0.2) is 24.3 Å². The minimum absolute atomic E-state index is 0.00569. The molecular weight excluding hydrogens is 636 g/mol. The van der Waals surface area contributed by atoms with Crippen molar-refractivity contribution in [3.05, 3.63) is 63.2 Å². The fourth-order valence-electron chi connectivity index (χ4n) is 7.97. The molecule has 7 rings (SSSR count). The molecule has 0 amide bonds. The Kier molecular flexibility index (Phi) is 8.88. The van der Waals surface area contributed by atoms with E-state index in [2.05, 4.69) is 0 Å². The number of phenols is 1. The lowest BCUT2D eigenvalue weighted by atomic mass is 9.73. The van der Waals surface area contributed by atoms with Crippen LogP contribution in [0.3, 0.4) is 0 Å². The van der Waals surface area contributed by atoms with Gasteiger partial charge in [0.15, 0.2) is 35.7 Å². The monoisotopic (exact) mass is 678 g/mol. The molecule has 3 fully saturated rings. The summed E-state index contributed by atoms with van der Waals surface area (Å²) in [5.41, 5.74) is -0.501. The van der Waals surface area contributed by atoms with Gasteiger partial charge in [-0.2, -0.15) is 0 Å². The topological polar surface area (TPSA) is 175 Å². The highest BCUT2D eigenvalue weighted by Crippen LogP contribution is 2.44. The van der Waals surface area contributed by atoms with Crippen LogP contribution in [0.5, 0.6) is 5.75 Å². The van der Waals surface area contributed by atoms with Gasteiger partial charge in [-0.15, -0.1) is 0 Å². The zero-order valence-corrected chi connectivity index (χ0v) is 28.0. The first-order valence-electron chi connectivity index (χ1n) is 17.1. The standard InChI is InChI=1S/C37H42O12/c1-16-23(38)9-11-28(46-16)48-26-10-12-29(47-17(26)2)49-36-18(3)45-27(13-24(36)39)20-7-8-22-32(33(20)41)35(43)21-6-5-19-14-37(4,44)15-25(40)30(19)31(21)34(22)42/h5-8,16-18,24,26-29,36,39,41,44H,9-15H2,1-4H3/t16-,17-,18+,24+,26-,27+,28-,29-,36+,37+/m0/s1. The van der Waals surface area contributed by atoms with Crippen molar-refractivity contribution in [2.75, 3.05) is 0 Å². The Bertz CT molecular complexity index is 1700. The fourth-order valence-corrected chi connectivity index (χ4v) is 7.97. The number of aliphatic hydroxyl groups is 2. The number of carbonyl (C=O) groups is 4. The molecule has 49 heavy (non-hydrogen) atoms. The van der Waals surface area contributed by atoms with E-state index in [1.54, 1.807) is 26.8 Å². The molecule has 0 radical (unpaired) electrons. The van der Waals surface area contributed by atoms with Gasteiger partial charge in [-0.3, -0.25) is 19.2 Å². The van der Waals surface area contributed by atoms with E-state index >= 15 is 0 Å². The van der Waals surface area contributed by atoms with E-state index in [1.165, 1.54) is 18.2 Å². The van der Waals surface area contributed by atoms with Crippen molar-refractivity contribution in [2.24, 2.45) is 0 Å². The highest BCUT2D eigenvalue weighted by molar-refractivity contribution is 6.32. The zero-order valence-electron chi connectivity index (χ0n) is 28.0. The number of ether oxygens (including phenoxy) is 5. The van der Waals surface area contributed by atoms with E-state index in [-0.39, 0.29) is 70.6 Å². The quantitative estimate of drug-likeness (QED) is 0.358. The lowest BCUT2D eigenvalue weighted by Gasteiger charge is -2.42. The van der Waals surface area contributed by atoms with E-state index < -0.39 is 71.8 Å². The molecule has 5 aliphatic rings. The molecule has 3 heterocycles. The summed E-state index contributed by atoms with van der Waals surface area (Å²) in [4.78, 5) is 52.4. The third-order valence-corrected chi connectivity index (χ3v) is 10.5. The molecule has 2 aromatic rings. The Morgan fingerprint density at radius 2 is 1.49 bits per heavy atom. The molecule has 3 saturated heterocycles. The molecule has 262 valence electrons. The molecular formula is C37H42O12. The van der Waals surface area contributed by atoms with E-state index in [4.69, 9.17) is 23.7 Å². The van der Waals surface area contributed by atoms with Gasteiger partial charge in [-0.05, 0) is 51.8 Å². The molecule has 3 N–H and O–H groups in total. The number of fused-ring (bicyclic) bond motifs is 4. The Morgan fingerprint density at radius 3 is 2.20 bits per heavy atom. The summed E-state index contributed by atoms with van der Waals surface area (Å²) in [6, 6.07) is 6.01. The maximum absolute atomic E-state index is 13.8. The van der Waals surface area contributed by atoms with Gasteiger partial charge in [-0.1, -0.05) is 12.1 Å². The number of hydrogen-bond acceptors (Lipinski definition) is 12. The second kappa shape index (κ2) is 12.8. The van der Waals surface area contributed by atoms with Crippen LogP contribution in [0.4, 0.5) is 0 Å². The molecule has 3 aliphatic heterocycles. The van der Waals surface area contributed by atoms with Crippen molar-refractivity contribution < 1.29 is 58.2 Å². The second-order valence-corrected chi connectivity index (χ2v) is 14.3. The molecule has 2 aromatic carbocycles. The van der Waals surface area contributed by atoms with E-state index in [0.717, 1.165) is 0 Å². The molecule has 12 nitrogen and oxygen atoms in total. The van der Waals surface area contributed by atoms with Gasteiger partial charge in [0.2, 0.25) is 0 Å². The van der Waals surface area contributed by atoms with Gasteiger partial charge in [0.25, 0.3) is 0 Å². The smallest absolute Gasteiger partial charge is 0.198 e. The second-order valence-electron chi connectivity index (χ2n) is 14.3. The van der Waals surface area contributed by atoms with Crippen molar-refractivity contribution in [1.82, 2.24) is 0 Å². The van der Waals surface area contributed by atoms with E-state index in [0.29, 0.717) is 31.2 Å². The van der Waals surface area contributed by atoms with E-state index in [1.807, 2.05) is 6.92 Å². The zero-order chi connectivity index (χ0) is 34.9. The highest BCUT2D eigenvalue weighted by Gasteiger charge is 2.44. The van der Waals surface area contributed by atoms with Gasteiger partial charge < -0.3 is 39.0 Å². The van der Waals surface area contributed by atoms with Crippen LogP contribution in [0.2, 0.25) is 0 Å². The van der Waals surface area contributed by atoms with Crippen LogP contribution in [-0.2, 0) is 34.9 Å². The Labute approximate surface area is 283 Å². The average molecular weight is 679 g/mol. The summed E-state index contributed by atoms with van der Waals surface area (Å²) in [6.45, 7) is 6.91. The van der Waals surface area contributed by atoms with Crippen LogP contribution in [-0.4, -0.2) is 93.3 Å². The van der Waals surface area contributed by atoms with Gasteiger partial charge in [0.1, 0.15) is 18.0 Å². The number of carbonyl (C=O) groups excluding carboxylic acids is 4. The molecule has 0 saturated carbocycles. The van der Waals surface area contributed by atoms with Crippen molar-refractivity contribution in [3.8, 4) is 5.75 Å². The van der Waals surface area contributed by atoms with Crippen LogP contribution < -0.4 is 0 Å². The third-order valence-electron chi connectivity index (χ3n) is 10.5. The maximum Gasteiger partial charge on any atom is 0.198 e. The molecule has 0 unspecified atom stereocenters. The van der Waals surface area contributed by atoms with Crippen molar-refractivity contribution >= 4 is 23.1 Å². The largest absolute Gasteiger partial charge is 0.507 e. The van der Waals surface area contributed by atoms with Crippen LogP contribution >= 0.6 is 0 Å². The first-order chi connectivity index (χ1) is 23.2. The Hall–Kier alpha value is -3.36. The molecule has 2 aliphatic carbocycles. The summed E-state index contributed by atoms with van der Waals surface area (Å²) in [5.74, 6) is -1.89. The SMILES string of the molecule is C[C@@H]1O[C@@H](O[C@H]2CC[C@H](O[C@H]3[C@H](O)C[C@H](c4ccc5c(c4O)C(=O)c4ccc6c(c4C5=O)C(=O)C[C@](C)(O)C6)O[C@@H]3C)O[C@H]2C)CCC1=O. The van der Waals surface area contributed by atoms with Crippen molar-refractivity contribution in [1.29, 1.82) is 0 Å². The minimum atomic E-state index is -1.25. The summed E-state index contributed by atoms with van der Waals surface area (Å²) in [7, 11) is 0. The third kappa shape index (κ3) is 6.18. The summed E-state index contributed by atoms with van der Waals surface area (Å²) >= 11 is 0. The Balaban J connectivity index is 1.03. The Morgan fingerprint density at radius 1 is 0.796 bits per heavy atom. The van der Waals surface area contributed by atoms with Gasteiger partial charge in [0.05, 0.1) is 41.7 Å². The minimum Gasteiger partial charge on any atom is -0.507 e. The number of aromatic hydroxyl groups is 1. The number of aliphatic hydroxyl groups excluding tert-OH is 1. The number of benzene rings is 2. The lowest BCUT2D eigenvalue weighted by Crippen LogP contribution is -2.50. The predicted octanol–water partition coefficient (Wildman–Crippen LogP) is 3.65. The lowest BCUT2D eigenvalue weighted by molar-refractivity contribution is -0.298.